The first kappa shape index (κ1) is 27.9. The number of aromatic amines is 1. The molecular formula is C30H37N9O3. The number of amides is 1. The fraction of sp³-hybridized carbons (Fsp3) is 0.433. The summed E-state index contributed by atoms with van der Waals surface area (Å²) in [6.45, 7) is 12.4. The molecule has 0 aliphatic carbocycles. The van der Waals surface area contributed by atoms with Crippen LogP contribution in [0.5, 0.6) is 0 Å². The molecule has 0 atom stereocenters. The third-order valence-electron chi connectivity index (χ3n) is 7.27. The van der Waals surface area contributed by atoms with Crippen LogP contribution in [0.15, 0.2) is 48.9 Å². The van der Waals surface area contributed by atoms with Gasteiger partial charge in [-0.3, -0.25) is 4.90 Å². The summed E-state index contributed by atoms with van der Waals surface area (Å²) in [4.78, 5) is 40.3. The van der Waals surface area contributed by atoms with Crippen molar-refractivity contribution in [1.29, 1.82) is 0 Å². The maximum atomic E-state index is 12.4. The topological polar surface area (TPSA) is 125 Å². The Morgan fingerprint density at radius 3 is 2.60 bits per heavy atom. The summed E-state index contributed by atoms with van der Waals surface area (Å²) in [6, 6.07) is 12.1. The second-order valence-electron chi connectivity index (χ2n) is 11.6. The Labute approximate surface area is 245 Å². The molecule has 2 aliphatic rings. The zero-order valence-corrected chi connectivity index (χ0v) is 24.3. The number of benzene rings is 1. The van der Waals surface area contributed by atoms with Gasteiger partial charge in [-0.1, -0.05) is 6.07 Å². The van der Waals surface area contributed by atoms with Gasteiger partial charge in [0, 0.05) is 63.6 Å². The highest BCUT2D eigenvalue weighted by molar-refractivity contribution is 5.83. The number of carbonyl (C=O) groups excluding carboxylic acids is 1. The molecule has 0 spiro atoms. The molecule has 2 saturated heterocycles. The van der Waals surface area contributed by atoms with Gasteiger partial charge in [-0.05, 0) is 50.6 Å². The molecule has 2 fully saturated rings. The van der Waals surface area contributed by atoms with E-state index in [1.54, 1.807) is 17.4 Å². The number of morpholine rings is 1. The van der Waals surface area contributed by atoms with Crippen molar-refractivity contribution in [2.75, 3.05) is 62.7 Å². The second-order valence-corrected chi connectivity index (χ2v) is 11.6. The lowest BCUT2D eigenvalue weighted by atomic mass is 10.1. The molecule has 5 heterocycles. The zero-order valence-electron chi connectivity index (χ0n) is 24.3. The molecule has 1 aromatic carbocycles. The van der Waals surface area contributed by atoms with E-state index in [4.69, 9.17) is 14.5 Å². The number of fused-ring (bicyclic) bond motifs is 1. The Balaban J connectivity index is 1.09. The average molecular weight is 572 g/mol. The summed E-state index contributed by atoms with van der Waals surface area (Å²) in [5.74, 6) is 2.24. The van der Waals surface area contributed by atoms with Crippen molar-refractivity contribution in [1.82, 2.24) is 34.7 Å². The lowest BCUT2D eigenvalue weighted by Crippen LogP contribution is -2.49. The summed E-state index contributed by atoms with van der Waals surface area (Å²) in [5, 5.41) is 3.32. The number of nitrogens with one attached hydrogen (secondary N) is 2. The zero-order chi connectivity index (χ0) is 29.1. The first-order valence-corrected chi connectivity index (χ1v) is 14.4. The molecule has 3 aromatic heterocycles. The average Bonchev–Trinajstić information content (AvgIpc) is 3.39. The Morgan fingerprint density at radius 1 is 1.00 bits per heavy atom. The lowest BCUT2D eigenvalue weighted by Gasteiger charge is -2.35. The van der Waals surface area contributed by atoms with Crippen LogP contribution >= 0.6 is 0 Å². The summed E-state index contributed by atoms with van der Waals surface area (Å²) in [6.07, 6.45) is 3.17. The number of imidazole rings is 1. The second kappa shape index (κ2) is 11.9. The molecule has 0 radical (unpaired) electrons. The largest absolute Gasteiger partial charge is 0.444 e. The van der Waals surface area contributed by atoms with E-state index in [1.165, 1.54) is 0 Å². The first-order valence-electron chi connectivity index (χ1n) is 14.4. The van der Waals surface area contributed by atoms with Crippen molar-refractivity contribution in [3.05, 3.63) is 54.5 Å². The van der Waals surface area contributed by atoms with Crippen LogP contribution in [-0.4, -0.2) is 98.9 Å². The van der Waals surface area contributed by atoms with Crippen molar-refractivity contribution in [2.45, 2.75) is 32.9 Å². The number of piperazine rings is 1. The summed E-state index contributed by atoms with van der Waals surface area (Å²) >= 11 is 0. The van der Waals surface area contributed by atoms with Gasteiger partial charge in [0.05, 0.1) is 29.9 Å². The van der Waals surface area contributed by atoms with Crippen LogP contribution in [0.2, 0.25) is 0 Å². The highest BCUT2D eigenvalue weighted by Crippen LogP contribution is 2.26. The van der Waals surface area contributed by atoms with Crippen molar-refractivity contribution < 1.29 is 14.3 Å². The summed E-state index contributed by atoms with van der Waals surface area (Å²) in [7, 11) is 0. The number of ether oxygens (including phenoxy) is 2. The number of aromatic nitrogens is 5. The molecule has 12 nitrogen and oxygen atoms in total. The minimum absolute atomic E-state index is 0.245. The number of pyridine rings is 1. The van der Waals surface area contributed by atoms with Crippen molar-refractivity contribution in [2.24, 2.45) is 0 Å². The fourth-order valence-electron chi connectivity index (χ4n) is 5.13. The first-order chi connectivity index (χ1) is 20.3. The van der Waals surface area contributed by atoms with Crippen LogP contribution in [0.1, 0.15) is 26.3 Å². The number of rotatable bonds is 6. The Morgan fingerprint density at radius 2 is 1.81 bits per heavy atom. The normalized spacial score (nSPS) is 16.5. The van der Waals surface area contributed by atoms with Gasteiger partial charge in [-0.25, -0.2) is 24.7 Å². The maximum Gasteiger partial charge on any atom is 0.410 e. The van der Waals surface area contributed by atoms with Crippen LogP contribution in [-0.2, 0) is 16.0 Å². The van der Waals surface area contributed by atoms with Crippen LogP contribution in [0.25, 0.3) is 22.3 Å². The van der Waals surface area contributed by atoms with Gasteiger partial charge < -0.3 is 29.6 Å². The van der Waals surface area contributed by atoms with Crippen molar-refractivity contribution >= 4 is 34.7 Å². The van der Waals surface area contributed by atoms with E-state index in [2.05, 4.69) is 41.1 Å². The number of hydrogen-bond donors (Lipinski definition) is 2. The predicted octanol–water partition coefficient (Wildman–Crippen LogP) is 4.05. The minimum atomic E-state index is -0.485. The molecular weight excluding hydrogens is 534 g/mol. The third-order valence-corrected chi connectivity index (χ3v) is 7.27. The molecule has 2 aliphatic heterocycles. The van der Waals surface area contributed by atoms with Gasteiger partial charge in [-0.15, -0.1) is 0 Å². The molecule has 12 heteroatoms. The predicted molar refractivity (Wildman–Crippen MR) is 161 cm³/mol. The molecule has 0 bridgehead atoms. The SMILES string of the molecule is CC(C)(C)OC(=O)N1CCN(Cc2ccnc(Nc3nc4ccc(-c5cc(N6CCOCC6)ncn5)cc4[nH]3)c2)CC1. The van der Waals surface area contributed by atoms with E-state index >= 15 is 0 Å². The van der Waals surface area contributed by atoms with Crippen LogP contribution in [0.3, 0.4) is 0 Å². The van der Waals surface area contributed by atoms with Crippen LogP contribution in [0.4, 0.5) is 22.4 Å². The molecule has 2 N–H and O–H groups in total. The molecule has 42 heavy (non-hydrogen) atoms. The van der Waals surface area contributed by atoms with E-state index < -0.39 is 5.60 Å². The van der Waals surface area contributed by atoms with E-state index in [-0.39, 0.29) is 6.09 Å². The fourth-order valence-corrected chi connectivity index (χ4v) is 5.13. The van der Waals surface area contributed by atoms with Crippen LogP contribution < -0.4 is 10.2 Å². The van der Waals surface area contributed by atoms with Crippen molar-refractivity contribution in [3.63, 3.8) is 0 Å². The highest BCUT2D eigenvalue weighted by atomic mass is 16.6. The molecule has 0 unspecified atom stereocenters. The van der Waals surface area contributed by atoms with Gasteiger partial charge in [-0.2, -0.15) is 0 Å². The third kappa shape index (κ3) is 6.77. The lowest BCUT2D eigenvalue weighted by molar-refractivity contribution is 0.0139. The minimum Gasteiger partial charge on any atom is -0.444 e. The van der Waals surface area contributed by atoms with Crippen molar-refractivity contribution in [3.8, 4) is 11.3 Å². The molecule has 4 aromatic rings. The molecule has 1 amide bonds. The van der Waals surface area contributed by atoms with Gasteiger partial charge >= 0.3 is 6.09 Å². The Hall–Kier alpha value is -4.29. The van der Waals surface area contributed by atoms with E-state index in [9.17, 15) is 4.79 Å². The standard InChI is InChI=1S/C30H37N9O3/c1-30(2,3)42-29(40)39-10-8-37(9-11-39)19-21-6-7-31-26(16-21)36-28-34-23-5-4-22(17-25(23)35-28)24-18-27(33-20-32-24)38-12-14-41-15-13-38/h4-7,16-18,20H,8-15,19H2,1-3H3,(H2,31,34,35,36). The number of H-pyrrole nitrogens is 1. The number of carbonyl (C=O) groups is 1. The maximum absolute atomic E-state index is 12.4. The molecule has 6 rings (SSSR count). The van der Waals surface area contributed by atoms with E-state index in [0.717, 1.165) is 66.4 Å². The van der Waals surface area contributed by atoms with E-state index in [1.807, 2.05) is 51.1 Å². The summed E-state index contributed by atoms with van der Waals surface area (Å²) in [5.41, 5.74) is 4.25. The molecule has 220 valence electrons. The summed E-state index contributed by atoms with van der Waals surface area (Å²) < 4.78 is 11.0. The van der Waals surface area contributed by atoms with Gasteiger partial charge in [0.2, 0.25) is 5.95 Å². The Bertz CT molecular complexity index is 1540. The van der Waals surface area contributed by atoms with Gasteiger partial charge in [0.25, 0.3) is 0 Å². The number of hydrogen-bond acceptors (Lipinski definition) is 10. The van der Waals surface area contributed by atoms with E-state index in [0.29, 0.717) is 38.1 Å². The number of anilines is 3. The van der Waals surface area contributed by atoms with Gasteiger partial charge in [0.15, 0.2) is 0 Å². The van der Waals surface area contributed by atoms with Crippen LogP contribution in [0, 0.1) is 0 Å². The molecule has 0 saturated carbocycles. The smallest absolute Gasteiger partial charge is 0.410 e. The van der Waals surface area contributed by atoms with Gasteiger partial charge in [0.1, 0.15) is 23.6 Å². The quantitative estimate of drug-likeness (QED) is 0.350. The Kier molecular flexibility index (Phi) is 7.90. The highest BCUT2D eigenvalue weighted by Gasteiger charge is 2.26. The monoisotopic (exact) mass is 571 g/mol. The number of nitrogens with zero attached hydrogens (tertiary/aromatic N) is 7.